The third-order valence-corrected chi connectivity index (χ3v) is 3.16. The van der Waals surface area contributed by atoms with Gasteiger partial charge in [0.25, 0.3) is 0 Å². The molecule has 0 rings (SSSR count). The van der Waals surface area contributed by atoms with Crippen molar-refractivity contribution in [3.63, 3.8) is 0 Å². The van der Waals surface area contributed by atoms with Crippen LogP contribution in [0.3, 0.4) is 0 Å². The molecular formula is C11H22O4Si. The Morgan fingerprint density at radius 1 is 1.31 bits per heavy atom. The highest BCUT2D eigenvalue weighted by molar-refractivity contribution is 6.36. The summed E-state index contributed by atoms with van der Waals surface area (Å²) in [7, 11) is -0.703. The molecule has 0 bridgehead atoms. The van der Waals surface area contributed by atoms with E-state index in [2.05, 4.69) is 20.4 Å². The molecule has 0 aliphatic carbocycles. The molecule has 0 aromatic heterocycles. The van der Waals surface area contributed by atoms with Crippen LogP contribution in [0.25, 0.3) is 0 Å². The Hall–Kier alpha value is -0.653. The largest absolute Gasteiger partial charge is 0.467 e. The maximum atomic E-state index is 10.8. The summed E-state index contributed by atoms with van der Waals surface area (Å²) in [6, 6.07) is 0. The van der Waals surface area contributed by atoms with Crippen LogP contribution < -0.4 is 0 Å². The number of ether oxygens (including phenoxy) is 3. The van der Waals surface area contributed by atoms with Crippen LogP contribution in [0.5, 0.6) is 0 Å². The van der Waals surface area contributed by atoms with Crippen molar-refractivity contribution >= 4 is 15.5 Å². The molecule has 94 valence electrons. The Labute approximate surface area is 99.8 Å². The summed E-state index contributed by atoms with van der Waals surface area (Å²) in [6.07, 6.45) is 3.53. The molecule has 0 aliphatic rings. The van der Waals surface area contributed by atoms with Crippen molar-refractivity contribution < 1.29 is 19.0 Å². The zero-order valence-electron chi connectivity index (χ0n) is 10.2. The standard InChI is InChI=1S/C11H22O4Si/c1-4-7-13-11(14-8-5-2)16-9-15-10(12)6-3/h6,11H,3-5,7-9,16H2,1-2H3. The minimum absolute atomic E-state index is 0.141. The van der Waals surface area contributed by atoms with Crippen molar-refractivity contribution in [2.24, 2.45) is 0 Å². The molecule has 5 heteroatoms. The predicted molar refractivity (Wildman–Crippen MR) is 66.0 cm³/mol. The minimum atomic E-state index is -0.703. The van der Waals surface area contributed by atoms with Crippen LogP contribution in [-0.2, 0) is 19.0 Å². The molecule has 0 N–H and O–H groups in total. The summed E-state index contributed by atoms with van der Waals surface area (Å²) in [5, 5.41) is 0. The lowest BCUT2D eigenvalue weighted by atomic mass is 10.5. The summed E-state index contributed by atoms with van der Waals surface area (Å²) in [5.74, 6) is -0.519. The van der Waals surface area contributed by atoms with Crippen molar-refractivity contribution in [3.05, 3.63) is 12.7 Å². The Morgan fingerprint density at radius 3 is 2.31 bits per heavy atom. The van der Waals surface area contributed by atoms with E-state index in [4.69, 9.17) is 14.2 Å². The number of hydrogen-bond acceptors (Lipinski definition) is 4. The fourth-order valence-electron chi connectivity index (χ4n) is 1.03. The quantitative estimate of drug-likeness (QED) is 0.249. The van der Waals surface area contributed by atoms with E-state index in [1.165, 1.54) is 6.08 Å². The molecule has 0 aromatic carbocycles. The SMILES string of the molecule is C=CC(=O)OC[SiH2]C(OCCC)OCCC. The molecule has 0 saturated carbocycles. The van der Waals surface area contributed by atoms with Crippen LogP contribution in [0.15, 0.2) is 12.7 Å². The lowest BCUT2D eigenvalue weighted by Crippen LogP contribution is -2.29. The summed E-state index contributed by atoms with van der Waals surface area (Å²) in [5.41, 5.74) is 0. The second-order valence-electron chi connectivity index (χ2n) is 3.33. The van der Waals surface area contributed by atoms with Gasteiger partial charge in [0, 0.05) is 19.3 Å². The Balaban J connectivity index is 3.71. The third kappa shape index (κ3) is 8.64. The molecule has 0 saturated heterocycles. The fraction of sp³-hybridized carbons (Fsp3) is 0.727. The first-order chi connectivity index (χ1) is 7.74. The highest BCUT2D eigenvalue weighted by Crippen LogP contribution is 1.97. The van der Waals surface area contributed by atoms with Crippen molar-refractivity contribution in [3.8, 4) is 0 Å². The summed E-state index contributed by atoms with van der Waals surface area (Å²) in [4.78, 5) is 10.8. The van der Waals surface area contributed by atoms with E-state index in [-0.39, 0.29) is 11.9 Å². The average molecular weight is 246 g/mol. The van der Waals surface area contributed by atoms with Gasteiger partial charge >= 0.3 is 5.97 Å². The maximum Gasteiger partial charge on any atom is 0.329 e. The van der Waals surface area contributed by atoms with Gasteiger partial charge in [-0.3, -0.25) is 0 Å². The van der Waals surface area contributed by atoms with E-state index in [1.807, 2.05) is 0 Å². The maximum absolute atomic E-state index is 10.8. The second kappa shape index (κ2) is 10.9. The molecule has 16 heavy (non-hydrogen) atoms. The van der Waals surface area contributed by atoms with Gasteiger partial charge in [0.05, 0.1) is 6.23 Å². The first-order valence-corrected chi connectivity index (χ1v) is 7.58. The van der Waals surface area contributed by atoms with Gasteiger partial charge in [-0.25, -0.2) is 4.79 Å². The van der Waals surface area contributed by atoms with E-state index >= 15 is 0 Å². The van der Waals surface area contributed by atoms with Gasteiger partial charge in [0.2, 0.25) is 0 Å². The Bertz CT molecular complexity index is 188. The van der Waals surface area contributed by atoms with Gasteiger partial charge < -0.3 is 14.2 Å². The van der Waals surface area contributed by atoms with E-state index in [0.717, 1.165) is 12.8 Å². The minimum Gasteiger partial charge on any atom is -0.467 e. The fourth-order valence-corrected chi connectivity index (χ4v) is 2.21. The number of carbonyl (C=O) groups excluding carboxylic acids is 1. The molecule has 0 fully saturated rings. The molecule has 4 nitrogen and oxygen atoms in total. The first-order valence-electron chi connectivity index (χ1n) is 5.77. The topological polar surface area (TPSA) is 44.8 Å². The second-order valence-corrected chi connectivity index (χ2v) is 4.98. The molecule has 0 aliphatic heterocycles. The van der Waals surface area contributed by atoms with Crippen LogP contribution in [-0.4, -0.2) is 40.8 Å². The molecule has 0 amide bonds. The lowest BCUT2D eigenvalue weighted by Gasteiger charge is -2.17. The highest BCUT2D eigenvalue weighted by atomic mass is 28.2. The van der Waals surface area contributed by atoms with Crippen LogP contribution in [0.2, 0.25) is 0 Å². The number of hydrogen-bond donors (Lipinski definition) is 0. The number of carbonyl (C=O) groups is 1. The molecule has 0 unspecified atom stereocenters. The molecule has 0 heterocycles. The van der Waals surface area contributed by atoms with Crippen molar-refractivity contribution in [1.29, 1.82) is 0 Å². The summed E-state index contributed by atoms with van der Waals surface area (Å²) >= 11 is 0. The normalized spacial score (nSPS) is 11.2. The zero-order chi connectivity index (χ0) is 12.2. The third-order valence-electron chi connectivity index (χ3n) is 1.78. The van der Waals surface area contributed by atoms with Crippen LogP contribution in [0, 0.1) is 0 Å². The smallest absolute Gasteiger partial charge is 0.329 e. The Morgan fingerprint density at radius 2 is 1.88 bits per heavy atom. The van der Waals surface area contributed by atoms with Gasteiger partial charge in [-0.05, 0) is 12.8 Å². The molecule has 0 aromatic rings. The number of rotatable bonds is 10. The molecule has 0 radical (unpaired) electrons. The van der Waals surface area contributed by atoms with Gasteiger partial charge in [-0.2, -0.15) is 0 Å². The van der Waals surface area contributed by atoms with Gasteiger partial charge in [-0.1, -0.05) is 20.4 Å². The van der Waals surface area contributed by atoms with Crippen LogP contribution in [0.4, 0.5) is 0 Å². The zero-order valence-corrected chi connectivity index (χ0v) is 11.7. The van der Waals surface area contributed by atoms with Gasteiger partial charge in [-0.15, -0.1) is 0 Å². The number of esters is 1. The summed E-state index contributed by atoms with van der Waals surface area (Å²) in [6.45, 7) is 8.82. The lowest BCUT2D eigenvalue weighted by molar-refractivity contribution is -0.136. The predicted octanol–water partition coefficient (Wildman–Crippen LogP) is 0.979. The molecular weight excluding hydrogens is 224 g/mol. The highest BCUT2D eigenvalue weighted by Gasteiger charge is 2.10. The van der Waals surface area contributed by atoms with Crippen LogP contribution in [0.1, 0.15) is 26.7 Å². The van der Waals surface area contributed by atoms with E-state index in [0.29, 0.717) is 19.4 Å². The van der Waals surface area contributed by atoms with E-state index in [9.17, 15) is 4.79 Å². The van der Waals surface area contributed by atoms with Gasteiger partial charge in [0.15, 0.2) is 0 Å². The van der Waals surface area contributed by atoms with Crippen molar-refractivity contribution in [2.75, 3.05) is 19.4 Å². The Kier molecular flexibility index (Phi) is 10.4. The van der Waals surface area contributed by atoms with Crippen molar-refractivity contribution in [2.45, 2.75) is 32.6 Å². The first kappa shape index (κ1) is 15.3. The van der Waals surface area contributed by atoms with Crippen LogP contribution >= 0.6 is 0 Å². The van der Waals surface area contributed by atoms with Gasteiger partial charge in [0.1, 0.15) is 15.4 Å². The summed E-state index contributed by atoms with van der Waals surface area (Å²) < 4.78 is 16.0. The molecule has 0 spiro atoms. The van der Waals surface area contributed by atoms with Crippen molar-refractivity contribution in [1.82, 2.24) is 0 Å². The van der Waals surface area contributed by atoms with E-state index < -0.39 is 9.52 Å². The monoisotopic (exact) mass is 246 g/mol. The average Bonchev–Trinajstić information content (AvgIpc) is 2.31. The molecule has 0 atom stereocenters. The van der Waals surface area contributed by atoms with E-state index in [1.54, 1.807) is 0 Å².